The van der Waals surface area contributed by atoms with E-state index in [9.17, 15) is 9.59 Å². The molecule has 0 spiro atoms. The predicted molar refractivity (Wildman–Crippen MR) is 86.7 cm³/mol. The molecule has 0 aromatic rings. The normalized spacial score (nSPS) is 10.5. The molecule has 0 fully saturated rings. The van der Waals surface area contributed by atoms with E-state index >= 15 is 0 Å². The van der Waals surface area contributed by atoms with Crippen molar-refractivity contribution in [3.8, 4) is 0 Å². The lowest BCUT2D eigenvalue weighted by molar-refractivity contribution is -0.125. The third kappa shape index (κ3) is 16.8. The quantitative estimate of drug-likeness (QED) is 0.404. The molecule has 0 unspecified atom stereocenters. The average molecular weight is 299 g/mol. The lowest BCUT2D eigenvalue weighted by atomic mass is 10.1. The van der Waals surface area contributed by atoms with E-state index in [1.54, 1.807) is 0 Å². The Morgan fingerprint density at radius 1 is 0.714 bits per heavy atom. The molecule has 124 valence electrons. The van der Waals surface area contributed by atoms with Crippen LogP contribution in [-0.2, 0) is 9.59 Å². The van der Waals surface area contributed by atoms with Crippen molar-refractivity contribution < 1.29 is 9.59 Å². The Morgan fingerprint density at radius 2 is 1.19 bits per heavy atom. The van der Waals surface area contributed by atoms with Crippen LogP contribution in [0.5, 0.6) is 0 Å². The average Bonchev–Trinajstić information content (AvgIpc) is 2.46. The Balaban J connectivity index is 3.12. The van der Waals surface area contributed by atoms with Gasteiger partial charge in [0.05, 0.1) is 0 Å². The van der Waals surface area contributed by atoms with Gasteiger partial charge < -0.3 is 16.8 Å². The lowest BCUT2D eigenvalue weighted by Crippen LogP contribution is -2.25. The van der Waals surface area contributed by atoms with Gasteiger partial charge in [-0.2, -0.15) is 0 Å². The molecule has 0 saturated heterocycles. The maximum absolute atomic E-state index is 11.3. The highest BCUT2D eigenvalue weighted by Crippen LogP contribution is 2.10. The van der Waals surface area contributed by atoms with Crippen molar-refractivity contribution in [2.45, 2.75) is 77.0 Å². The van der Waals surface area contributed by atoms with E-state index in [1.807, 2.05) is 0 Å². The number of carbonyl (C=O) groups excluding carboxylic acids is 2. The van der Waals surface area contributed by atoms with Gasteiger partial charge in [-0.3, -0.25) is 9.59 Å². The lowest BCUT2D eigenvalue weighted by Gasteiger charge is -2.05. The van der Waals surface area contributed by atoms with Crippen LogP contribution >= 0.6 is 0 Å². The first-order valence-electron chi connectivity index (χ1n) is 8.42. The summed E-state index contributed by atoms with van der Waals surface area (Å²) in [7, 11) is 0. The Kier molecular flexibility index (Phi) is 14.5. The highest BCUT2D eigenvalue weighted by atomic mass is 16.2. The largest absolute Gasteiger partial charge is 0.370 e. The van der Waals surface area contributed by atoms with Crippen molar-refractivity contribution in [1.29, 1.82) is 0 Å². The van der Waals surface area contributed by atoms with Crippen molar-refractivity contribution in [3.05, 3.63) is 0 Å². The zero-order valence-corrected chi connectivity index (χ0v) is 13.4. The monoisotopic (exact) mass is 299 g/mol. The molecule has 5 N–H and O–H groups in total. The molecule has 0 aromatic carbocycles. The second-order valence-electron chi connectivity index (χ2n) is 5.64. The minimum absolute atomic E-state index is 0.0775. The summed E-state index contributed by atoms with van der Waals surface area (Å²) in [6.45, 7) is 1.52. The van der Waals surface area contributed by atoms with Crippen LogP contribution in [0.25, 0.3) is 0 Å². The maximum Gasteiger partial charge on any atom is 0.220 e. The molecule has 5 heteroatoms. The first kappa shape index (κ1) is 19.9. The summed E-state index contributed by atoms with van der Waals surface area (Å²) in [5, 5.41) is 2.81. The molecule has 21 heavy (non-hydrogen) atoms. The second-order valence-corrected chi connectivity index (χ2v) is 5.64. The number of rotatable bonds is 15. The molecule has 0 aliphatic heterocycles. The number of hydrogen-bond acceptors (Lipinski definition) is 3. The topological polar surface area (TPSA) is 98.2 Å². The Labute approximate surface area is 129 Å². The fourth-order valence-corrected chi connectivity index (χ4v) is 2.24. The first-order valence-corrected chi connectivity index (χ1v) is 8.42. The van der Waals surface area contributed by atoms with Crippen LogP contribution in [0.15, 0.2) is 0 Å². The third-order valence-electron chi connectivity index (χ3n) is 3.55. The second kappa shape index (κ2) is 15.3. The highest BCUT2D eigenvalue weighted by Gasteiger charge is 2.02. The van der Waals surface area contributed by atoms with Crippen LogP contribution in [0.1, 0.15) is 77.0 Å². The molecule has 0 saturated carbocycles. The molecule has 5 nitrogen and oxygen atoms in total. The number of primary amides is 1. The van der Waals surface area contributed by atoms with E-state index in [-0.39, 0.29) is 18.7 Å². The number of nitrogens with one attached hydrogen (secondary N) is 1. The smallest absolute Gasteiger partial charge is 0.220 e. The van der Waals surface area contributed by atoms with E-state index in [2.05, 4.69) is 5.32 Å². The van der Waals surface area contributed by atoms with Gasteiger partial charge >= 0.3 is 0 Å². The number of hydrogen-bond donors (Lipinski definition) is 3. The summed E-state index contributed by atoms with van der Waals surface area (Å²) >= 11 is 0. The van der Waals surface area contributed by atoms with Crippen LogP contribution in [0, 0.1) is 0 Å². The molecule has 0 aromatic heterocycles. The Bertz CT molecular complexity index is 270. The van der Waals surface area contributed by atoms with Crippen LogP contribution in [0.4, 0.5) is 0 Å². The van der Waals surface area contributed by atoms with E-state index in [0.717, 1.165) is 25.8 Å². The van der Waals surface area contributed by atoms with E-state index in [1.165, 1.54) is 44.9 Å². The van der Waals surface area contributed by atoms with E-state index < -0.39 is 5.91 Å². The maximum atomic E-state index is 11.3. The van der Waals surface area contributed by atoms with Gasteiger partial charge in [0.2, 0.25) is 11.8 Å². The van der Waals surface area contributed by atoms with Crippen molar-refractivity contribution in [2.75, 3.05) is 13.1 Å². The van der Waals surface area contributed by atoms with Crippen LogP contribution in [0.3, 0.4) is 0 Å². The van der Waals surface area contributed by atoms with Gasteiger partial charge in [-0.1, -0.05) is 51.4 Å². The van der Waals surface area contributed by atoms with Gasteiger partial charge in [0.1, 0.15) is 0 Å². The van der Waals surface area contributed by atoms with E-state index in [4.69, 9.17) is 11.5 Å². The van der Waals surface area contributed by atoms with Crippen molar-refractivity contribution in [1.82, 2.24) is 5.32 Å². The predicted octanol–water partition coefficient (Wildman–Crippen LogP) is 2.23. The molecule has 0 bridgehead atoms. The van der Waals surface area contributed by atoms with Crippen molar-refractivity contribution in [3.63, 3.8) is 0 Å². The number of nitrogens with two attached hydrogens (primary N) is 2. The molecular weight excluding hydrogens is 266 g/mol. The van der Waals surface area contributed by atoms with Gasteiger partial charge in [0, 0.05) is 19.4 Å². The molecule has 0 heterocycles. The van der Waals surface area contributed by atoms with Crippen molar-refractivity contribution in [2.24, 2.45) is 11.5 Å². The summed E-state index contributed by atoms with van der Waals surface area (Å²) in [5.74, 6) is -0.501. The van der Waals surface area contributed by atoms with Gasteiger partial charge in [-0.05, 0) is 19.4 Å². The van der Waals surface area contributed by atoms with Crippen LogP contribution in [0.2, 0.25) is 0 Å². The molecule has 0 aliphatic rings. The molecule has 0 aliphatic carbocycles. The zero-order valence-electron chi connectivity index (χ0n) is 13.4. The number of unbranched alkanes of at least 4 members (excludes halogenated alkanes) is 9. The summed E-state index contributed by atoms with van der Waals surface area (Å²) < 4.78 is 0. The fourth-order valence-electron chi connectivity index (χ4n) is 2.24. The summed E-state index contributed by atoms with van der Waals surface area (Å²) in [4.78, 5) is 21.8. The van der Waals surface area contributed by atoms with Crippen LogP contribution in [-0.4, -0.2) is 24.9 Å². The standard InChI is InChI=1S/C16H33N3O2/c17-13-9-7-5-3-1-2-4-6-8-10-14-19-16(21)12-11-15(18)20/h1-14,17H2,(H2,18,20)(H,19,21). The van der Waals surface area contributed by atoms with Gasteiger partial charge in [0.15, 0.2) is 0 Å². The molecule has 0 atom stereocenters. The SMILES string of the molecule is NCCCCCCCCCCCCNC(=O)CCC(N)=O. The third-order valence-corrected chi connectivity index (χ3v) is 3.55. The minimum Gasteiger partial charge on any atom is -0.370 e. The van der Waals surface area contributed by atoms with Gasteiger partial charge in [0.25, 0.3) is 0 Å². The van der Waals surface area contributed by atoms with Gasteiger partial charge in [-0.15, -0.1) is 0 Å². The van der Waals surface area contributed by atoms with E-state index in [0.29, 0.717) is 6.54 Å². The first-order chi connectivity index (χ1) is 10.2. The summed E-state index contributed by atoms with van der Waals surface area (Å²) in [5.41, 5.74) is 10.4. The van der Waals surface area contributed by atoms with Gasteiger partial charge in [-0.25, -0.2) is 0 Å². The highest BCUT2D eigenvalue weighted by molar-refractivity contribution is 5.82. The number of carbonyl (C=O) groups is 2. The minimum atomic E-state index is -0.423. The molecule has 0 rings (SSSR count). The molecule has 0 radical (unpaired) electrons. The molecule has 2 amide bonds. The number of amides is 2. The Hall–Kier alpha value is -1.10. The summed E-state index contributed by atoms with van der Waals surface area (Å²) in [6, 6.07) is 0. The fraction of sp³-hybridized carbons (Fsp3) is 0.875. The Morgan fingerprint density at radius 3 is 1.67 bits per heavy atom. The summed E-state index contributed by atoms with van der Waals surface area (Å²) in [6.07, 6.45) is 12.7. The zero-order chi connectivity index (χ0) is 15.8. The molecular formula is C16H33N3O2. The van der Waals surface area contributed by atoms with Crippen LogP contribution < -0.4 is 16.8 Å². The van der Waals surface area contributed by atoms with Crippen molar-refractivity contribution >= 4 is 11.8 Å².